The first-order chi connectivity index (χ1) is 17.2. The molecule has 8 nitrogen and oxygen atoms in total. The molecule has 3 unspecified atom stereocenters. The Morgan fingerprint density at radius 3 is 2.36 bits per heavy atom. The highest BCUT2D eigenvalue weighted by molar-refractivity contribution is 6.03. The topological polar surface area (TPSA) is 99.7 Å². The number of hydrogen-bond donors (Lipinski definition) is 1. The Balaban J connectivity index is 1.50. The minimum Gasteiger partial charge on any atom is -0.340 e. The first-order valence-electron chi connectivity index (χ1n) is 12.6. The fraction of sp³-hybridized carbons (Fsp3) is 0.464. The summed E-state index contributed by atoms with van der Waals surface area (Å²) in [6.45, 7) is 8.48. The van der Waals surface area contributed by atoms with Crippen LogP contribution in [0.5, 0.6) is 0 Å². The van der Waals surface area contributed by atoms with Gasteiger partial charge in [-0.1, -0.05) is 45.9 Å². The van der Waals surface area contributed by atoms with Crippen molar-refractivity contribution in [2.24, 2.45) is 5.92 Å². The molecule has 36 heavy (non-hydrogen) atoms. The van der Waals surface area contributed by atoms with Gasteiger partial charge in [0.15, 0.2) is 5.78 Å². The Bertz CT molecular complexity index is 1130. The molecule has 1 aromatic heterocycles. The smallest absolute Gasteiger partial charge is 0.273 e. The highest BCUT2D eigenvalue weighted by Crippen LogP contribution is 2.31. The Kier molecular flexibility index (Phi) is 7.52. The van der Waals surface area contributed by atoms with Gasteiger partial charge >= 0.3 is 0 Å². The monoisotopic (exact) mass is 490 g/mol. The van der Waals surface area contributed by atoms with Crippen molar-refractivity contribution >= 4 is 23.5 Å². The van der Waals surface area contributed by atoms with E-state index in [0.717, 1.165) is 5.56 Å². The van der Waals surface area contributed by atoms with E-state index in [1.165, 1.54) is 4.90 Å². The van der Waals surface area contributed by atoms with Crippen LogP contribution in [-0.2, 0) is 9.59 Å². The predicted octanol–water partition coefficient (Wildman–Crippen LogP) is 3.04. The van der Waals surface area contributed by atoms with Crippen molar-refractivity contribution in [3.05, 3.63) is 65.5 Å². The van der Waals surface area contributed by atoms with Crippen molar-refractivity contribution in [1.29, 1.82) is 0 Å². The Labute approximate surface area is 212 Å². The third-order valence-corrected chi connectivity index (χ3v) is 7.00. The zero-order valence-corrected chi connectivity index (χ0v) is 21.3. The Morgan fingerprint density at radius 1 is 1.03 bits per heavy atom. The molecular weight excluding hydrogens is 456 g/mol. The molecule has 0 saturated carbocycles. The van der Waals surface area contributed by atoms with Crippen LogP contribution >= 0.6 is 0 Å². The minimum atomic E-state index is -0.755. The highest BCUT2D eigenvalue weighted by atomic mass is 16.2. The van der Waals surface area contributed by atoms with Crippen LogP contribution in [-0.4, -0.2) is 69.5 Å². The third kappa shape index (κ3) is 5.17. The average molecular weight is 491 g/mol. The Hall–Kier alpha value is -3.55. The van der Waals surface area contributed by atoms with Crippen LogP contribution in [0.1, 0.15) is 72.9 Å². The van der Waals surface area contributed by atoms with Gasteiger partial charge in [0.25, 0.3) is 11.8 Å². The van der Waals surface area contributed by atoms with Gasteiger partial charge in [0.1, 0.15) is 17.8 Å². The fourth-order valence-electron chi connectivity index (χ4n) is 5.13. The van der Waals surface area contributed by atoms with E-state index in [2.05, 4.69) is 24.1 Å². The maximum Gasteiger partial charge on any atom is 0.273 e. The maximum atomic E-state index is 13.7. The van der Waals surface area contributed by atoms with Gasteiger partial charge < -0.3 is 15.1 Å². The van der Waals surface area contributed by atoms with Crippen LogP contribution in [0.15, 0.2) is 48.7 Å². The number of likely N-dealkylation sites (tertiary alicyclic amines) is 2. The molecular formula is C28H34N4O4. The van der Waals surface area contributed by atoms with Gasteiger partial charge in [0, 0.05) is 18.3 Å². The SMILES string of the molecule is CC(C)CC(NC(=O)c1ccc(C(C)C)cc1)C(=O)N1CCC2C1C(=O)CN2C(=O)c1ccccn1. The summed E-state index contributed by atoms with van der Waals surface area (Å²) in [4.78, 5) is 59.9. The summed E-state index contributed by atoms with van der Waals surface area (Å²) in [7, 11) is 0. The maximum absolute atomic E-state index is 13.7. The first kappa shape index (κ1) is 25.5. The average Bonchev–Trinajstić information content (AvgIpc) is 3.44. The van der Waals surface area contributed by atoms with Gasteiger partial charge in [-0.15, -0.1) is 0 Å². The summed E-state index contributed by atoms with van der Waals surface area (Å²) < 4.78 is 0. The van der Waals surface area contributed by atoms with Gasteiger partial charge in [-0.05, 0) is 54.5 Å². The number of hydrogen-bond acceptors (Lipinski definition) is 5. The number of fused-ring (bicyclic) bond motifs is 1. The zero-order valence-electron chi connectivity index (χ0n) is 21.3. The molecule has 2 aliphatic heterocycles. The van der Waals surface area contributed by atoms with Gasteiger partial charge in [0.2, 0.25) is 5.91 Å². The molecule has 2 saturated heterocycles. The number of carbonyl (C=O) groups excluding carboxylic acids is 4. The lowest BCUT2D eigenvalue weighted by atomic mass is 10.00. The number of pyridine rings is 1. The molecule has 1 aromatic carbocycles. The van der Waals surface area contributed by atoms with Crippen LogP contribution < -0.4 is 5.32 Å². The van der Waals surface area contributed by atoms with Crippen molar-refractivity contribution in [3.63, 3.8) is 0 Å². The number of nitrogens with zero attached hydrogens (tertiary/aromatic N) is 3. The predicted molar refractivity (Wildman–Crippen MR) is 135 cm³/mol. The van der Waals surface area contributed by atoms with Crippen LogP contribution in [0.4, 0.5) is 0 Å². The molecule has 3 atom stereocenters. The standard InChI is InChI=1S/C28H34N4O4/c1-17(2)15-22(30-26(34)20-10-8-19(9-11-20)18(3)4)28(36)31-14-12-23-25(31)24(33)16-32(23)27(35)21-7-5-6-13-29-21/h5-11,13,17-18,22-23,25H,12,14-16H2,1-4H3,(H,30,34). The fourth-order valence-corrected chi connectivity index (χ4v) is 5.13. The van der Waals surface area contributed by atoms with E-state index >= 15 is 0 Å². The lowest BCUT2D eigenvalue weighted by Crippen LogP contribution is -2.53. The molecule has 0 aliphatic carbocycles. The van der Waals surface area contributed by atoms with Gasteiger partial charge in [0.05, 0.1) is 12.6 Å². The highest BCUT2D eigenvalue weighted by Gasteiger charge is 2.52. The summed E-state index contributed by atoms with van der Waals surface area (Å²) >= 11 is 0. The van der Waals surface area contributed by atoms with E-state index in [1.807, 2.05) is 26.0 Å². The summed E-state index contributed by atoms with van der Waals surface area (Å²) in [6, 6.07) is 10.7. The van der Waals surface area contributed by atoms with Crippen molar-refractivity contribution in [2.45, 2.75) is 64.6 Å². The molecule has 0 radical (unpaired) electrons. The number of ketones is 1. The number of rotatable bonds is 7. The third-order valence-electron chi connectivity index (χ3n) is 7.00. The van der Waals surface area contributed by atoms with E-state index in [9.17, 15) is 19.2 Å². The molecule has 2 aromatic rings. The van der Waals surface area contributed by atoms with Crippen molar-refractivity contribution < 1.29 is 19.2 Å². The number of amides is 3. The first-order valence-corrected chi connectivity index (χ1v) is 12.6. The van der Waals surface area contributed by atoms with Crippen LogP contribution in [0, 0.1) is 5.92 Å². The largest absolute Gasteiger partial charge is 0.340 e. The molecule has 3 amide bonds. The molecule has 0 bridgehead atoms. The van der Waals surface area contributed by atoms with E-state index in [4.69, 9.17) is 0 Å². The van der Waals surface area contributed by atoms with Gasteiger partial charge in [-0.2, -0.15) is 0 Å². The van der Waals surface area contributed by atoms with E-state index in [1.54, 1.807) is 41.4 Å². The summed E-state index contributed by atoms with van der Waals surface area (Å²) in [5, 5.41) is 2.91. The molecule has 3 heterocycles. The summed E-state index contributed by atoms with van der Waals surface area (Å²) in [5.74, 6) is -0.540. The minimum absolute atomic E-state index is 0.0437. The normalized spacial score (nSPS) is 20.1. The van der Waals surface area contributed by atoms with Crippen LogP contribution in [0.2, 0.25) is 0 Å². The zero-order chi connectivity index (χ0) is 26.0. The number of Topliss-reactive ketones (excluding diaryl/α,β-unsaturated/α-hetero) is 1. The van der Waals surface area contributed by atoms with Crippen molar-refractivity contribution in [1.82, 2.24) is 20.1 Å². The van der Waals surface area contributed by atoms with E-state index in [-0.39, 0.29) is 47.7 Å². The lowest BCUT2D eigenvalue weighted by Gasteiger charge is -2.29. The molecule has 2 fully saturated rings. The second-order valence-electron chi connectivity index (χ2n) is 10.4. The van der Waals surface area contributed by atoms with E-state index < -0.39 is 12.1 Å². The molecule has 0 spiro atoms. The lowest BCUT2D eigenvalue weighted by molar-refractivity contribution is -0.138. The Morgan fingerprint density at radius 2 is 1.75 bits per heavy atom. The summed E-state index contributed by atoms with van der Waals surface area (Å²) in [5.41, 5.74) is 1.91. The van der Waals surface area contributed by atoms with Gasteiger partial charge in [-0.25, -0.2) is 0 Å². The molecule has 4 rings (SSSR count). The van der Waals surface area contributed by atoms with Crippen LogP contribution in [0.25, 0.3) is 0 Å². The van der Waals surface area contributed by atoms with Crippen molar-refractivity contribution in [3.8, 4) is 0 Å². The van der Waals surface area contributed by atoms with E-state index in [0.29, 0.717) is 30.9 Å². The molecule has 8 heteroatoms. The molecule has 2 aliphatic rings. The molecule has 190 valence electrons. The quantitative estimate of drug-likeness (QED) is 0.643. The van der Waals surface area contributed by atoms with Crippen LogP contribution in [0.3, 0.4) is 0 Å². The van der Waals surface area contributed by atoms with Crippen molar-refractivity contribution in [2.75, 3.05) is 13.1 Å². The number of carbonyl (C=O) groups is 4. The van der Waals surface area contributed by atoms with Gasteiger partial charge in [-0.3, -0.25) is 24.2 Å². The number of benzene rings is 1. The number of aromatic nitrogens is 1. The summed E-state index contributed by atoms with van der Waals surface area (Å²) in [6.07, 6.45) is 2.51. The number of nitrogens with one attached hydrogen (secondary N) is 1. The molecule has 1 N–H and O–H groups in total. The second kappa shape index (κ2) is 10.6. The second-order valence-corrected chi connectivity index (χ2v) is 10.4.